The highest BCUT2D eigenvalue weighted by Gasteiger charge is 2.11. The second kappa shape index (κ2) is 7.75. The molecule has 0 amide bonds. The fourth-order valence-corrected chi connectivity index (χ4v) is 2.35. The van der Waals surface area contributed by atoms with Crippen LogP contribution in [0.3, 0.4) is 0 Å². The Morgan fingerprint density at radius 1 is 1.29 bits per heavy atom. The molecule has 0 saturated heterocycles. The van der Waals surface area contributed by atoms with Gasteiger partial charge in [-0.2, -0.15) is 4.98 Å². The van der Waals surface area contributed by atoms with E-state index in [-0.39, 0.29) is 0 Å². The maximum Gasteiger partial charge on any atom is 0.240 e. The number of halogens is 2. The average Bonchev–Trinajstić information content (AvgIpc) is 2.87. The second-order valence-electron chi connectivity index (χ2n) is 4.76. The van der Waals surface area contributed by atoms with Gasteiger partial charge in [-0.1, -0.05) is 34.4 Å². The summed E-state index contributed by atoms with van der Waals surface area (Å²) in [5.41, 5.74) is 1.00. The predicted octanol–water partition coefficient (Wildman–Crippen LogP) is 3.20. The third-order valence-electron chi connectivity index (χ3n) is 2.90. The van der Waals surface area contributed by atoms with Crippen molar-refractivity contribution in [3.8, 4) is 0 Å². The molecule has 0 fully saturated rings. The molecule has 0 unspecified atom stereocenters. The molecule has 21 heavy (non-hydrogen) atoms. The van der Waals surface area contributed by atoms with Gasteiger partial charge in [-0.15, -0.1) is 0 Å². The molecule has 7 heteroatoms. The lowest BCUT2D eigenvalue weighted by molar-refractivity contribution is 0.199. The number of hydrogen-bond donors (Lipinski definition) is 0. The molecule has 0 spiro atoms. The first-order chi connectivity index (χ1) is 10.1. The highest BCUT2D eigenvalue weighted by Crippen LogP contribution is 2.22. The van der Waals surface area contributed by atoms with Crippen LogP contribution in [0, 0.1) is 0 Å². The van der Waals surface area contributed by atoms with Gasteiger partial charge in [0.2, 0.25) is 5.89 Å². The number of rotatable bonds is 7. The van der Waals surface area contributed by atoms with Gasteiger partial charge in [-0.3, -0.25) is 4.90 Å². The van der Waals surface area contributed by atoms with E-state index in [1.54, 1.807) is 13.2 Å². The van der Waals surface area contributed by atoms with Crippen LogP contribution < -0.4 is 0 Å². The lowest BCUT2D eigenvalue weighted by Gasteiger charge is -2.15. The predicted molar refractivity (Wildman–Crippen MR) is 81.5 cm³/mol. The smallest absolute Gasteiger partial charge is 0.240 e. The number of nitrogens with zero attached hydrogens (tertiary/aromatic N) is 3. The maximum absolute atomic E-state index is 6.16. The van der Waals surface area contributed by atoms with E-state index in [2.05, 4.69) is 10.1 Å². The van der Waals surface area contributed by atoms with Crippen LogP contribution in [-0.4, -0.2) is 35.8 Å². The minimum Gasteiger partial charge on any atom is -0.384 e. The summed E-state index contributed by atoms with van der Waals surface area (Å²) in [5.74, 6) is 1.23. The van der Waals surface area contributed by atoms with Crippen molar-refractivity contribution < 1.29 is 9.26 Å². The Labute approximate surface area is 133 Å². The van der Waals surface area contributed by atoms with E-state index in [4.69, 9.17) is 32.5 Å². The van der Waals surface area contributed by atoms with Gasteiger partial charge in [0.15, 0.2) is 5.82 Å². The third-order valence-corrected chi connectivity index (χ3v) is 3.49. The summed E-state index contributed by atoms with van der Waals surface area (Å²) in [6.45, 7) is 1.81. The summed E-state index contributed by atoms with van der Waals surface area (Å²) >= 11 is 12.0. The molecule has 0 aliphatic carbocycles. The normalized spacial score (nSPS) is 11.3. The molecule has 1 heterocycles. The van der Waals surface area contributed by atoms with Crippen molar-refractivity contribution in [1.82, 2.24) is 15.0 Å². The standard InChI is InChI=1S/C14H17Cl2N3O2/c1-19(8-10-3-4-11(15)7-12(10)16)9-14-17-13(18-21-14)5-6-20-2/h3-4,7H,5-6,8-9H2,1-2H3. The van der Waals surface area contributed by atoms with Gasteiger partial charge < -0.3 is 9.26 Å². The van der Waals surface area contributed by atoms with Gasteiger partial charge in [0, 0.05) is 30.1 Å². The number of hydrogen-bond acceptors (Lipinski definition) is 5. The van der Waals surface area contributed by atoms with Crippen LogP contribution in [0.15, 0.2) is 22.7 Å². The molecule has 1 aromatic carbocycles. The largest absolute Gasteiger partial charge is 0.384 e. The summed E-state index contributed by atoms with van der Waals surface area (Å²) in [6.07, 6.45) is 0.646. The van der Waals surface area contributed by atoms with Crippen molar-refractivity contribution in [2.75, 3.05) is 20.8 Å². The zero-order valence-electron chi connectivity index (χ0n) is 12.0. The molecule has 5 nitrogen and oxygen atoms in total. The van der Waals surface area contributed by atoms with Crippen LogP contribution in [0.4, 0.5) is 0 Å². The topological polar surface area (TPSA) is 51.4 Å². The van der Waals surface area contributed by atoms with E-state index in [9.17, 15) is 0 Å². The number of aromatic nitrogens is 2. The third kappa shape index (κ3) is 4.97. The SMILES string of the molecule is COCCc1noc(CN(C)Cc2ccc(Cl)cc2Cl)n1. The zero-order chi connectivity index (χ0) is 15.2. The Hall–Kier alpha value is -1.14. The number of ether oxygens (including phenoxy) is 1. The summed E-state index contributed by atoms with van der Waals surface area (Å²) in [4.78, 5) is 6.36. The van der Waals surface area contributed by atoms with E-state index in [0.29, 0.717) is 47.9 Å². The quantitative estimate of drug-likeness (QED) is 0.780. The van der Waals surface area contributed by atoms with Crippen LogP contribution in [-0.2, 0) is 24.2 Å². The molecular weight excluding hydrogens is 313 g/mol. The molecule has 114 valence electrons. The van der Waals surface area contributed by atoms with Crippen LogP contribution in [0.1, 0.15) is 17.3 Å². The first-order valence-corrected chi connectivity index (χ1v) is 7.27. The first-order valence-electron chi connectivity index (χ1n) is 6.51. The van der Waals surface area contributed by atoms with Gasteiger partial charge in [-0.05, 0) is 24.7 Å². The number of methoxy groups -OCH3 is 1. The van der Waals surface area contributed by atoms with E-state index in [0.717, 1.165) is 5.56 Å². The van der Waals surface area contributed by atoms with Crippen molar-refractivity contribution in [2.24, 2.45) is 0 Å². The highest BCUT2D eigenvalue weighted by molar-refractivity contribution is 6.35. The molecule has 2 rings (SSSR count). The van der Waals surface area contributed by atoms with Crippen molar-refractivity contribution in [2.45, 2.75) is 19.5 Å². The first kappa shape index (κ1) is 16.2. The molecule has 0 atom stereocenters. The maximum atomic E-state index is 6.16. The fourth-order valence-electron chi connectivity index (χ4n) is 1.88. The molecule has 0 radical (unpaired) electrons. The lowest BCUT2D eigenvalue weighted by Crippen LogP contribution is -2.17. The molecule has 2 aromatic rings. The van der Waals surface area contributed by atoms with Gasteiger partial charge in [0.25, 0.3) is 0 Å². The van der Waals surface area contributed by atoms with E-state index < -0.39 is 0 Å². The molecule has 0 aliphatic heterocycles. The summed E-state index contributed by atoms with van der Waals surface area (Å²) < 4.78 is 10.2. The van der Waals surface area contributed by atoms with Crippen LogP contribution in [0.25, 0.3) is 0 Å². The average molecular weight is 330 g/mol. The molecule has 0 bridgehead atoms. The zero-order valence-corrected chi connectivity index (χ0v) is 13.5. The monoisotopic (exact) mass is 329 g/mol. The molecule has 0 aliphatic rings. The van der Waals surface area contributed by atoms with Crippen molar-refractivity contribution in [3.63, 3.8) is 0 Å². The molecule has 0 saturated carbocycles. The van der Waals surface area contributed by atoms with Crippen LogP contribution in [0.2, 0.25) is 10.0 Å². The summed E-state index contributed by atoms with van der Waals surface area (Å²) in [7, 11) is 3.61. The van der Waals surface area contributed by atoms with Gasteiger partial charge >= 0.3 is 0 Å². The van der Waals surface area contributed by atoms with Crippen molar-refractivity contribution in [3.05, 3.63) is 45.5 Å². The lowest BCUT2D eigenvalue weighted by atomic mass is 10.2. The molecule has 0 N–H and O–H groups in total. The number of benzene rings is 1. The van der Waals surface area contributed by atoms with E-state index in [1.165, 1.54) is 0 Å². The van der Waals surface area contributed by atoms with E-state index >= 15 is 0 Å². The van der Waals surface area contributed by atoms with Crippen molar-refractivity contribution >= 4 is 23.2 Å². The second-order valence-corrected chi connectivity index (χ2v) is 5.60. The van der Waals surface area contributed by atoms with Gasteiger partial charge in [-0.25, -0.2) is 0 Å². The fraction of sp³-hybridized carbons (Fsp3) is 0.429. The summed E-state index contributed by atoms with van der Waals surface area (Å²) in [6, 6.07) is 5.48. The van der Waals surface area contributed by atoms with Gasteiger partial charge in [0.1, 0.15) is 0 Å². The summed E-state index contributed by atoms with van der Waals surface area (Å²) in [5, 5.41) is 5.19. The van der Waals surface area contributed by atoms with Crippen molar-refractivity contribution in [1.29, 1.82) is 0 Å². The van der Waals surface area contributed by atoms with E-state index in [1.807, 2.05) is 24.1 Å². The van der Waals surface area contributed by atoms with Gasteiger partial charge in [0.05, 0.1) is 13.2 Å². The Bertz CT molecular complexity index is 589. The Morgan fingerprint density at radius 3 is 2.81 bits per heavy atom. The molecule has 1 aromatic heterocycles. The Balaban J connectivity index is 1.91. The minimum atomic E-state index is 0.555. The van der Waals surface area contributed by atoms with Crippen LogP contribution in [0.5, 0.6) is 0 Å². The minimum absolute atomic E-state index is 0.555. The molecular formula is C14H17Cl2N3O2. The van der Waals surface area contributed by atoms with Crippen LogP contribution >= 0.6 is 23.2 Å². The Morgan fingerprint density at radius 2 is 2.10 bits per heavy atom. The Kier molecular flexibility index (Phi) is 5.99. The highest BCUT2D eigenvalue weighted by atomic mass is 35.5.